The molecule has 2 rings (SSSR count). The first-order chi connectivity index (χ1) is 12.8. The van der Waals surface area contributed by atoms with Crippen LogP contribution in [0.3, 0.4) is 0 Å². The van der Waals surface area contributed by atoms with Crippen LogP contribution in [0, 0.1) is 58.2 Å². The molecule has 152 valence electrons. The van der Waals surface area contributed by atoms with Gasteiger partial charge in [0, 0.05) is 14.1 Å². The van der Waals surface area contributed by atoms with Gasteiger partial charge in [-0.05, 0) is 0 Å². The van der Waals surface area contributed by atoms with Crippen LogP contribution < -0.4 is 9.80 Å². The Morgan fingerprint density at radius 2 is 0.643 bits per heavy atom. The fourth-order valence-electron chi connectivity index (χ4n) is 2.19. The first-order valence-corrected chi connectivity index (χ1v) is 6.88. The number of halogens is 10. The standard InChI is InChI=1S/C15H6F10N2O/c1-26(13-9(22)5(18)3(16)6(19)10(13)23)15(28)27(2)14-11(24)7(20)4(17)8(21)12(14)25/h1-2H3. The van der Waals surface area contributed by atoms with Crippen molar-refractivity contribution in [1.29, 1.82) is 0 Å². The van der Waals surface area contributed by atoms with Crippen molar-refractivity contribution in [3.8, 4) is 0 Å². The van der Waals surface area contributed by atoms with Gasteiger partial charge in [-0.25, -0.2) is 48.7 Å². The molecule has 0 saturated carbocycles. The first-order valence-electron chi connectivity index (χ1n) is 6.88. The summed E-state index contributed by atoms with van der Waals surface area (Å²) in [7, 11) is 0.895. The number of hydrogen-bond donors (Lipinski definition) is 0. The van der Waals surface area contributed by atoms with Crippen molar-refractivity contribution in [3.63, 3.8) is 0 Å². The average Bonchev–Trinajstić information content (AvgIpc) is 2.67. The summed E-state index contributed by atoms with van der Waals surface area (Å²) in [5.74, 6) is -24.6. The van der Waals surface area contributed by atoms with E-state index < -0.39 is 75.6 Å². The molecule has 0 N–H and O–H groups in total. The Morgan fingerprint density at radius 1 is 0.464 bits per heavy atom. The Balaban J connectivity index is 2.60. The van der Waals surface area contributed by atoms with Crippen LogP contribution in [0.4, 0.5) is 60.1 Å². The van der Waals surface area contributed by atoms with Gasteiger partial charge in [-0.3, -0.25) is 9.80 Å². The molecule has 3 nitrogen and oxygen atoms in total. The summed E-state index contributed by atoms with van der Waals surface area (Å²) in [6.07, 6.45) is 0. The van der Waals surface area contributed by atoms with Crippen LogP contribution in [-0.2, 0) is 0 Å². The van der Waals surface area contributed by atoms with Crippen LogP contribution in [0.5, 0.6) is 0 Å². The molecule has 2 aromatic carbocycles. The second kappa shape index (κ2) is 7.20. The maximum Gasteiger partial charge on any atom is 0.328 e. The Morgan fingerprint density at radius 3 is 0.857 bits per heavy atom. The van der Waals surface area contributed by atoms with Gasteiger partial charge in [-0.1, -0.05) is 0 Å². The van der Waals surface area contributed by atoms with Gasteiger partial charge >= 0.3 is 6.03 Å². The van der Waals surface area contributed by atoms with Gasteiger partial charge in [0.15, 0.2) is 46.5 Å². The lowest BCUT2D eigenvalue weighted by atomic mass is 10.2. The molecular weight excluding hydrogens is 414 g/mol. The van der Waals surface area contributed by atoms with E-state index in [1.807, 2.05) is 0 Å². The molecular formula is C15H6F10N2O. The van der Waals surface area contributed by atoms with E-state index in [9.17, 15) is 48.7 Å². The molecule has 0 aliphatic rings. The lowest BCUT2D eigenvalue weighted by molar-refractivity contribution is 0.252. The number of rotatable bonds is 2. The molecule has 2 amide bonds. The molecule has 0 aromatic heterocycles. The van der Waals surface area contributed by atoms with Crippen LogP contribution >= 0.6 is 0 Å². The lowest BCUT2D eigenvalue weighted by Crippen LogP contribution is -2.41. The molecule has 0 radical (unpaired) electrons. The molecule has 0 aliphatic heterocycles. The fourth-order valence-corrected chi connectivity index (χ4v) is 2.19. The van der Waals surface area contributed by atoms with E-state index in [1.54, 1.807) is 0 Å². The molecule has 0 unspecified atom stereocenters. The third-order valence-corrected chi connectivity index (χ3v) is 3.62. The predicted octanol–water partition coefficient (Wildman–Crippen LogP) is 4.77. The molecule has 0 saturated heterocycles. The molecule has 0 atom stereocenters. The van der Waals surface area contributed by atoms with E-state index in [0.717, 1.165) is 0 Å². The largest absolute Gasteiger partial charge is 0.328 e. The highest BCUT2D eigenvalue weighted by molar-refractivity contribution is 6.03. The topological polar surface area (TPSA) is 23.6 Å². The van der Waals surface area contributed by atoms with E-state index in [1.165, 1.54) is 0 Å². The zero-order valence-electron chi connectivity index (χ0n) is 13.6. The van der Waals surface area contributed by atoms with Gasteiger partial charge in [0.1, 0.15) is 11.4 Å². The molecule has 0 heterocycles. The second-order valence-electron chi connectivity index (χ2n) is 5.24. The summed E-state index contributed by atoms with van der Waals surface area (Å²) < 4.78 is 134. The van der Waals surface area contributed by atoms with Crippen LogP contribution in [0.2, 0.25) is 0 Å². The molecule has 0 aliphatic carbocycles. The summed E-state index contributed by atoms with van der Waals surface area (Å²) in [5, 5.41) is 0. The molecule has 0 spiro atoms. The first kappa shape index (κ1) is 21.3. The maximum atomic E-state index is 13.8. The number of carbonyl (C=O) groups excluding carboxylic acids is 1. The number of benzene rings is 2. The van der Waals surface area contributed by atoms with Crippen molar-refractivity contribution in [2.75, 3.05) is 23.9 Å². The van der Waals surface area contributed by atoms with Crippen molar-refractivity contribution in [2.24, 2.45) is 0 Å². The summed E-state index contributed by atoms with van der Waals surface area (Å²) in [5.41, 5.74) is -3.62. The van der Waals surface area contributed by atoms with Crippen molar-refractivity contribution < 1.29 is 48.7 Å². The van der Waals surface area contributed by atoms with Gasteiger partial charge in [0.2, 0.25) is 11.6 Å². The molecule has 0 fully saturated rings. The van der Waals surface area contributed by atoms with E-state index in [2.05, 4.69) is 0 Å². The minimum atomic E-state index is -2.53. The normalized spacial score (nSPS) is 11.0. The van der Waals surface area contributed by atoms with Crippen LogP contribution in [0.15, 0.2) is 0 Å². The van der Waals surface area contributed by atoms with Gasteiger partial charge in [0.05, 0.1) is 0 Å². The fraction of sp³-hybridized carbons (Fsp3) is 0.133. The number of amides is 2. The van der Waals surface area contributed by atoms with Gasteiger partial charge in [-0.2, -0.15) is 0 Å². The minimum absolute atomic E-state index is 0.256. The zero-order valence-corrected chi connectivity index (χ0v) is 13.6. The number of nitrogens with zero attached hydrogens (tertiary/aromatic N) is 2. The predicted molar refractivity (Wildman–Crippen MR) is 74.7 cm³/mol. The number of anilines is 2. The van der Waals surface area contributed by atoms with Crippen LogP contribution in [-0.4, -0.2) is 20.1 Å². The van der Waals surface area contributed by atoms with E-state index in [-0.39, 0.29) is 9.80 Å². The molecule has 0 bridgehead atoms. The van der Waals surface area contributed by atoms with Gasteiger partial charge in [-0.15, -0.1) is 0 Å². The van der Waals surface area contributed by atoms with E-state index in [4.69, 9.17) is 0 Å². The monoisotopic (exact) mass is 420 g/mol. The average molecular weight is 420 g/mol. The van der Waals surface area contributed by atoms with Crippen molar-refractivity contribution >= 4 is 17.4 Å². The highest BCUT2D eigenvalue weighted by atomic mass is 19.2. The Hall–Kier alpha value is -2.99. The Labute approximate surface area is 149 Å². The Kier molecular flexibility index (Phi) is 5.48. The maximum absolute atomic E-state index is 13.8. The summed E-state index contributed by atoms with van der Waals surface area (Å²) in [6.45, 7) is 0. The number of urea groups is 1. The molecule has 2 aromatic rings. The summed E-state index contributed by atoms with van der Waals surface area (Å²) >= 11 is 0. The van der Waals surface area contributed by atoms with Crippen LogP contribution in [0.1, 0.15) is 0 Å². The Bertz CT molecular complexity index is 858. The zero-order chi connectivity index (χ0) is 21.7. The third-order valence-electron chi connectivity index (χ3n) is 3.62. The SMILES string of the molecule is CN(C(=O)N(C)c1c(F)c(F)c(F)c(F)c1F)c1c(F)c(F)c(F)c(F)c1F. The molecule has 13 heteroatoms. The molecule has 28 heavy (non-hydrogen) atoms. The van der Waals surface area contributed by atoms with E-state index >= 15 is 0 Å². The summed E-state index contributed by atoms with van der Waals surface area (Å²) in [6, 6.07) is -1.88. The van der Waals surface area contributed by atoms with Gasteiger partial charge < -0.3 is 0 Å². The van der Waals surface area contributed by atoms with Crippen molar-refractivity contribution in [3.05, 3.63) is 58.2 Å². The van der Waals surface area contributed by atoms with Crippen molar-refractivity contribution in [1.82, 2.24) is 0 Å². The lowest BCUT2D eigenvalue weighted by Gasteiger charge is -2.26. The smallest absolute Gasteiger partial charge is 0.291 e. The van der Waals surface area contributed by atoms with Gasteiger partial charge in [0.25, 0.3) is 0 Å². The summed E-state index contributed by atoms with van der Waals surface area (Å²) in [4.78, 5) is 11.7. The highest BCUT2D eigenvalue weighted by Gasteiger charge is 2.35. The number of carbonyl (C=O) groups is 1. The third kappa shape index (κ3) is 2.99. The van der Waals surface area contributed by atoms with Crippen LogP contribution in [0.25, 0.3) is 0 Å². The number of hydrogen-bond acceptors (Lipinski definition) is 1. The quantitative estimate of drug-likeness (QED) is 0.390. The second-order valence-corrected chi connectivity index (χ2v) is 5.24. The van der Waals surface area contributed by atoms with Crippen molar-refractivity contribution in [2.45, 2.75) is 0 Å². The van der Waals surface area contributed by atoms with E-state index in [0.29, 0.717) is 14.1 Å². The highest BCUT2D eigenvalue weighted by Crippen LogP contribution is 2.33. The minimum Gasteiger partial charge on any atom is -0.291 e.